The van der Waals surface area contributed by atoms with E-state index in [0.717, 1.165) is 0 Å². The van der Waals surface area contributed by atoms with Crippen molar-refractivity contribution < 1.29 is 19.1 Å². The molecule has 0 unspecified atom stereocenters. The zero-order valence-electron chi connectivity index (χ0n) is 16.4. The van der Waals surface area contributed by atoms with E-state index in [2.05, 4.69) is 9.97 Å². The lowest BCUT2D eigenvalue weighted by Crippen LogP contribution is -2.50. The number of anilines is 1. The molecule has 8 nitrogen and oxygen atoms in total. The molecule has 1 fully saturated rings. The number of carbonyl (C=O) groups is 2. The maximum Gasteiger partial charge on any atom is 0.350 e. The second-order valence-corrected chi connectivity index (χ2v) is 7.50. The first-order valence-electron chi connectivity index (χ1n) is 9.27. The van der Waals surface area contributed by atoms with Gasteiger partial charge in [-0.1, -0.05) is 11.6 Å². The number of aromatic nitrogens is 2. The highest BCUT2D eigenvalue weighted by molar-refractivity contribution is 6.30. The van der Waals surface area contributed by atoms with Crippen molar-refractivity contribution in [2.75, 3.05) is 37.7 Å². The molecule has 2 aromatic rings. The summed E-state index contributed by atoms with van der Waals surface area (Å²) >= 11 is 5.85. The molecular weight excluding hydrogens is 396 g/mol. The van der Waals surface area contributed by atoms with Crippen molar-refractivity contribution in [3.8, 4) is 5.75 Å². The van der Waals surface area contributed by atoms with E-state index in [0.29, 0.717) is 42.9 Å². The normalized spacial score (nSPS) is 14.4. The van der Waals surface area contributed by atoms with E-state index in [1.165, 1.54) is 0 Å². The molecule has 9 heteroatoms. The number of nitrogens with zero attached hydrogens (tertiary/aromatic N) is 4. The van der Waals surface area contributed by atoms with Gasteiger partial charge in [0.15, 0.2) is 12.2 Å². The van der Waals surface area contributed by atoms with Gasteiger partial charge in [-0.25, -0.2) is 14.8 Å². The fourth-order valence-corrected chi connectivity index (χ4v) is 2.97. The monoisotopic (exact) mass is 418 g/mol. The van der Waals surface area contributed by atoms with Crippen molar-refractivity contribution in [3.05, 3.63) is 47.7 Å². The van der Waals surface area contributed by atoms with E-state index in [1.807, 2.05) is 4.90 Å². The van der Waals surface area contributed by atoms with E-state index in [1.54, 1.807) is 61.5 Å². The average Bonchev–Trinajstić information content (AvgIpc) is 2.74. The molecule has 0 radical (unpaired) electrons. The Morgan fingerprint density at radius 1 is 1.07 bits per heavy atom. The Bertz CT molecular complexity index is 837. The van der Waals surface area contributed by atoms with Crippen LogP contribution < -0.4 is 9.64 Å². The molecule has 0 bridgehead atoms. The fraction of sp³-hybridized carbons (Fsp3) is 0.400. The summed E-state index contributed by atoms with van der Waals surface area (Å²) in [5.41, 5.74) is -1.24. The summed E-state index contributed by atoms with van der Waals surface area (Å²) in [4.78, 5) is 36.9. The van der Waals surface area contributed by atoms with Crippen LogP contribution in [0.5, 0.6) is 5.75 Å². The van der Waals surface area contributed by atoms with Crippen LogP contribution in [-0.4, -0.2) is 65.1 Å². The van der Waals surface area contributed by atoms with Gasteiger partial charge in [-0.3, -0.25) is 4.79 Å². The minimum absolute atomic E-state index is 0.241. The predicted molar refractivity (Wildman–Crippen MR) is 108 cm³/mol. The first-order chi connectivity index (χ1) is 13.8. The smallest absolute Gasteiger partial charge is 0.350 e. The Morgan fingerprint density at radius 3 is 2.31 bits per heavy atom. The van der Waals surface area contributed by atoms with E-state index >= 15 is 0 Å². The third-order valence-electron chi connectivity index (χ3n) is 4.47. The lowest BCUT2D eigenvalue weighted by atomic mass is 10.1. The summed E-state index contributed by atoms with van der Waals surface area (Å²) in [6.45, 7) is 5.12. The van der Waals surface area contributed by atoms with Crippen molar-refractivity contribution in [2.45, 2.75) is 19.4 Å². The van der Waals surface area contributed by atoms with Crippen LogP contribution in [-0.2, 0) is 14.3 Å². The maximum atomic E-state index is 12.4. The van der Waals surface area contributed by atoms with Crippen molar-refractivity contribution in [3.63, 3.8) is 0 Å². The third-order valence-corrected chi connectivity index (χ3v) is 4.72. The van der Waals surface area contributed by atoms with Crippen LogP contribution in [0.1, 0.15) is 13.8 Å². The number of rotatable bonds is 6. The summed E-state index contributed by atoms with van der Waals surface area (Å²) < 4.78 is 10.9. The van der Waals surface area contributed by atoms with Crippen LogP contribution in [0, 0.1) is 0 Å². The highest BCUT2D eigenvalue weighted by Gasteiger charge is 2.33. The zero-order chi connectivity index (χ0) is 20.9. The molecule has 0 atom stereocenters. The van der Waals surface area contributed by atoms with Crippen molar-refractivity contribution in [1.82, 2.24) is 14.9 Å². The molecule has 1 saturated heterocycles. The van der Waals surface area contributed by atoms with E-state index in [9.17, 15) is 9.59 Å². The molecule has 1 aliphatic heterocycles. The lowest BCUT2D eigenvalue weighted by molar-refractivity contribution is -0.164. The fourth-order valence-electron chi connectivity index (χ4n) is 2.84. The molecule has 1 aromatic carbocycles. The Kier molecular flexibility index (Phi) is 6.53. The summed E-state index contributed by atoms with van der Waals surface area (Å²) in [5.74, 6) is 0.278. The molecule has 0 saturated carbocycles. The minimum Gasteiger partial charge on any atom is -0.476 e. The Hall–Kier alpha value is -2.87. The quantitative estimate of drug-likeness (QED) is 0.664. The lowest BCUT2D eigenvalue weighted by Gasteiger charge is -2.34. The number of hydrogen-bond donors (Lipinski definition) is 0. The van der Waals surface area contributed by atoms with E-state index in [-0.39, 0.29) is 12.5 Å². The van der Waals surface area contributed by atoms with Crippen LogP contribution in [0.15, 0.2) is 42.7 Å². The van der Waals surface area contributed by atoms with Gasteiger partial charge in [0.05, 0.1) is 0 Å². The number of hydrogen-bond acceptors (Lipinski definition) is 7. The Morgan fingerprint density at radius 2 is 1.69 bits per heavy atom. The van der Waals surface area contributed by atoms with Gasteiger partial charge in [0.2, 0.25) is 5.95 Å². The summed E-state index contributed by atoms with van der Waals surface area (Å²) in [6.07, 6.45) is 3.38. The minimum atomic E-state index is -1.24. The largest absolute Gasteiger partial charge is 0.476 e. The number of halogens is 1. The van der Waals surface area contributed by atoms with Gasteiger partial charge < -0.3 is 19.3 Å². The summed E-state index contributed by atoms with van der Waals surface area (Å²) in [5, 5.41) is 0.572. The molecule has 1 aromatic heterocycles. The molecule has 0 N–H and O–H groups in total. The van der Waals surface area contributed by atoms with Gasteiger partial charge in [-0.15, -0.1) is 0 Å². The van der Waals surface area contributed by atoms with Gasteiger partial charge in [0, 0.05) is 43.6 Å². The molecule has 1 amide bonds. The van der Waals surface area contributed by atoms with Crippen molar-refractivity contribution in [2.24, 2.45) is 0 Å². The number of amides is 1. The second kappa shape index (κ2) is 9.09. The molecule has 2 heterocycles. The molecule has 0 spiro atoms. The molecule has 3 rings (SSSR count). The van der Waals surface area contributed by atoms with Crippen molar-refractivity contribution in [1.29, 1.82) is 0 Å². The van der Waals surface area contributed by atoms with Crippen LogP contribution in [0.4, 0.5) is 5.95 Å². The zero-order valence-corrected chi connectivity index (χ0v) is 17.1. The summed E-state index contributed by atoms with van der Waals surface area (Å²) in [7, 11) is 0. The molecule has 1 aliphatic rings. The topological polar surface area (TPSA) is 84.9 Å². The second-order valence-electron chi connectivity index (χ2n) is 7.06. The van der Waals surface area contributed by atoms with Gasteiger partial charge in [-0.05, 0) is 44.2 Å². The highest BCUT2D eigenvalue weighted by Crippen LogP contribution is 2.22. The Labute approximate surface area is 174 Å². The number of carbonyl (C=O) groups excluding carboxylic acids is 2. The van der Waals surface area contributed by atoms with Crippen LogP contribution in [0.25, 0.3) is 0 Å². The molecule has 29 heavy (non-hydrogen) atoms. The van der Waals surface area contributed by atoms with Crippen LogP contribution in [0.2, 0.25) is 5.02 Å². The average molecular weight is 419 g/mol. The number of esters is 1. The van der Waals surface area contributed by atoms with E-state index in [4.69, 9.17) is 21.1 Å². The number of piperazine rings is 1. The molecule has 154 valence electrons. The predicted octanol–water partition coefficient (Wildman–Crippen LogP) is 2.18. The summed E-state index contributed by atoms with van der Waals surface area (Å²) in [6, 6.07) is 8.43. The standard InChI is InChI=1S/C20H23ClN4O4/c1-20(2,29-16-6-4-15(21)5-7-16)18(27)28-14-17(26)24-10-12-25(13-11-24)19-22-8-3-9-23-19/h3-9H,10-14H2,1-2H3. The highest BCUT2D eigenvalue weighted by atomic mass is 35.5. The SMILES string of the molecule is CC(C)(Oc1ccc(Cl)cc1)C(=O)OCC(=O)N1CCN(c2ncccn2)CC1. The first kappa shape index (κ1) is 20.9. The van der Waals surface area contributed by atoms with Gasteiger partial charge in [-0.2, -0.15) is 0 Å². The van der Waals surface area contributed by atoms with Gasteiger partial charge >= 0.3 is 5.97 Å². The Balaban J connectivity index is 1.46. The molecular formula is C20H23ClN4O4. The maximum absolute atomic E-state index is 12.4. The first-order valence-corrected chi connectivity index (χ1v) is 9.64. The third kappa shape index (κ3) is 5.57. The molecule has 0 aliphatic carbocycles. The van der Waals surface area contributed by atoms with Crippen molar-refractivity contribution >= 4 is 29.4 Å². The number of benzene rings is 1. The number of ether oxygens (including phenoxy) is 2. The van der Waals surface area contributed by atoms with E-state index < -0.39 is 11.6 Å². The van der Waals surface area contributed by atoms with Gasteiger partial charge in [0.1, 0.15) is 5.75 Å². The van der Waals surface area contributed by atoms with Crippen LogP contribution in [0.3, 0.4) is 0 Å². The van der Waals surface area contributed by atoms with Crippen LogP contribution >= 0.6 is 11.6 Å². The van der Waals surface area contributed by atoms with Gasteiger partial charge in [0.25, 0.3) is 5.91 Å².